The summed E-state index contributed by atoms with van der Waals surface area (Å²) in [5, 5.41) is 11.8. The molecule has 3 aromatic rings. The Morgan fingerprint density at radius 3 is 2.19 bits per heavy atom. The summed E-state index contributed by atoms with van der Waals surface area (Å²) < 4.78 is 6.27. The van der Waals surface area contributed by atoms with Gasteiger partial charge in [-0.05, 0) is 118 Å². The molecule has 300 valence electrons. The Hall–Kier alpha value is -5.25. The van der Waals surface area contributed by atoms with E-state index in [2.05, 4.69) is 38.2 Å². The van der Waals surface area contributed by atoms with E-state index >= 15 is 0 Å². The summed E-state index contributed by atoms with van der Waals surface area (Å²) in [5.41, 5.74) is 4.01. The first kappa shape index (κ1) is 38.3. The number of ether oxygens (including phenoxy) is 1. The number of carbonyl (C=O) groups excluding carboxylic acids is 5. The average molecular weight is 803 g/mol. The molecule has 9 rings (SSSR count). The summed E-state index contributed by atoms with van der Waals surface area (Å²) >= 11 is 6.23. The van der Waals surface area contributed by atoms with Crippen LogP contribution >= 0.6 is 11.6 Å². The molecule has 0 spiro atoms. The monoisotopic (exact) mass is 802 g/mol. The first-order valence-corrected chi connectivity index (χ1v) is 21.1. The number of piperidine rings is 4. The maximum absolute atomic E-state index is 13.8. The fourth-order valence-electron chi connectivity index (χ4n) is 10.3. The summed E-state index contributed by atoms with van der Waals surface area (Å²) in [6.45, 7) is 4.89. The number of anilines is 1. The second-order valence-corrected chi connectivity index (χ2v) is 17.3. The molecule has 12 nitrogen and oxygen atoms in total. The maximum atomic E-state index is 13.8. The lowest BCUT2D eigenvalue weighted by molar-refractivity contribution is -0.136. The number of nitriles is 1. The molecular weight excluding hydrogens is 756 g/mol. The number of halogens is 1. The minimum absolute atomic E-state index is 0.00660. The molecule has 0 radical (unpaired) electrons. The van der Waals surface area contributed by atoms with Crippen LogP contribution in [-0.2, 0) is 9.59 Å². The van der Waals surface area contributed by atoms with Crippen LogP contribution in [0.5, 0.6) is 5.75 Å². The Morgan fingerprint density at radius 1 is 0.810 bits per heavy atom. The topological polar surface area (TPSA) is 143 Å². The zero-order valence-corrected chi connectivity index (χ0v) is 33.2. The van der Waals surface area contributed by atoms with Crippen LogP contribution in [0.15, 0.2) is 60.7 Å². The molecule has 6 heterocycles. The molecule has 6 aliphatic rings. The van der Waals surface area contributed by atoms with Crippen LogP contribution in [0.3, 0.4) is 0 Å². The first-order valence-electron chi connectivity index (χ1n) is 20.8. The Balaban J connectivity index is 0.730. The molecule has 0 aliphatic carbocycles. The van der Waals surface area contributed by atoms with Crippen LogP contribution in [0.25, 0.3) is 0 Å². The van der Waals surface area contributed by atoms with Gasteiger partial charge < -0.3 is 19.4 Å². The Morgan fingerprint density at radius 2 is 1.52 bits per heavy atom. The fraction of sp³-hybridized carbons (Fsp3) is 0.467. The molecule has 2 unspecified atom stereocenters. The van der Waals surface area contributed by atoms with E-state index in [4.69, 9.17) is 16.3 Å². The van der Waals surface area contributed by atoms with Gasteiger partial charge in [0.25, 0.3) is 17.7 Å². The van der Waals surface area contributed by atoms with Crippen molar-refractivity contribution in [1.82, 2.24) is 20.0 Å². The number of imide groups is 2. The highest BCUT2D eigenvalue weighted by atomic mass is 35.5. The molecule has 4 atom stereocenters. The number of nitrogens with one attached hydrogen (secondary N) is 1. The molecule has 5 amide bonds. The molecular formula is C45H47ClN6O6. The largest absolute Gasteiger partial charge is 0.490 e. The number of hydrogen-bond donors (Lipinski definition) is 1. The fourth-order valence-corrected chi connectivity index (χ4v) is 10.5. The predicted molar refractivity (Wildman–Crippen MR) is 216 cm³/mol. The van der Waals surface area contributed by atoms with E-state index in [0.29, 0.717) is 39.3 Å². The summed E-state index contributed by atoms with van der Waals surface area (Å²) in [4.78, 5) is 72.3. The van der Waals surface area contributed by atoms with E-state index in [1.807, 2.05) is 18.2 Å². The van der Waals surface area contributed by atoms with Crippen molar-refractivity contribution in [1.29, 1.82) is 5.26 Å². The first-order chi connectivity index (χ1) is 28.1. The average Bonchev–Trinajstić information content (AvgIpc) is 3.65. The maximum Gasteiger partial charge on any atom is 0.262 e. The number of hydrogen-bond acceptors (Lipinski definition) is 9. The molecule has 3 aromatic carbocycles. The van der Waals surface area contributed by atoms with Crippen molar-refractivity contribution < 1.29 is 28.7 Å². The van der Waals surface area contributed by atoms with Gasteiger partial charge in [-0.15, -0.1) is 0 Å². The molecule has 1 N–H and O–H groups in total. The minimum Gasteiger partial charge on any atom is -0.490 e. The van der Waals surface area contributed by atoms with E-state index in [0.717, 1.165) is 100 Å². The molecule has 2 bridgehead atoms. The molecule has 0 aromatic heterocycles. The van der Waals surface area contributed by atoms with E-state index < -0.39 is 23.8 Å². The second kappa shape index (κ2) is 15.8. The normalized spacial score (nSPS) is 25.5. The van der Waals surface area contributed by atoms with Crippen LogP contribution in [0.2, 0.25) is 5.02 Å². The molecule has 5 saturated heterocycles. The van der Waals surface area contributed by atoms with Crippen LogP contribution in [-0.4, -0.2) is 101 Å². The van der Waals surface area contributed by atoms with Gasteiger partial charge in [0, 0.05) is 68.3 Å². The molecule has 13 heteroatoms. The van der Waals surface area contributed by atoms with Crippen molar-refractivity contribution in [3.8, 4) is 11.8 Å². The van der Waals surface area contributed by atoms with E-state index in [9.17, 15) is 29.2 Å². The summed E-state index contributed by atoms with van der Waals surface area (Å²) in [6.07, 6.45) is 8.03. The van der Waals surface area contributed by atoms with Gasteiger partial charge in [0.05, 0.1) is 21.7 Å². The van der Waals surface area contributed by atoms with Crippen LogP contribution < -0.4 is 15.0 Å². The highest BCUT2D eigenvalue weighted by molar-refractivity contribution is 6.31. The highest BCUT2D eigenvalue weighted by Gasteiger charge is 2.46. The van der Waals surface area contributed by atoms with Crippen molar-refractivity contribution in [2.75, 3.05) is 37.6 Å². The van der Waals surface area contributed by atoms with Gasteiger partial charge in [0.1, 0.15) is 24.0 Å². The smallest absolute Gasteiger partial charge is 0.262 e. The quantitative estimate of drug-likeness (QED) is 0.275. The van der Waals surface area contributed by atoms with Crippen molar-refractivity contribution >= 4 is 46.8 Å². The number of carbonyl (C=O) groups is 5. The SMILES string of the molecule is N#Cc1ccc(OC2C[C@H]3CC[C@@H](C2)N3C(=O)c2ccc(C3CCN(CC4CCN(c5ccc6c(c5)C(=O)N(C5CCC(=O)NC5=O)C6=O)CC4)CC3)cc2)cc1Cl. The van der Waals surface area contributed by atoms with E-state index in [-0.39, 0.29) is 42.8 Å². The number of amides is 5. The van der Waals surface area contributed by atoms with E-state index in [1.54, 1.807) is 30.3 Å². The number of benzene rings is 3. The Kier molecular flexibility index (Phi) is 10.4. The Bertz CT molecular complexity index is 2180. The van der Waals surface area contributed by atoms with Gasteiger partial charge in [-0.1, -0.05) is 23.7 Å². The lowest BCUT2D eigenvalue weighted by Crippen LogP contribution is -2.54. The van der Waals surface area contributed by atoms with Crippen LogP contribution in [0.1, 0.15) is 112 Å². The zero-order chi connectivity index (χ0) is 40.1. The van der Waals surface area contributed by atoms with Gasteiger partial charge >= 0.3 is 0 Å². The third-order valence-electron chi connectivity index (χ3n) is 13.4. The third-order valence-corrected chi connectivity index (χ3v) is 13.7. The van der Waals surface area contributed by atoms with Crippen molar-refractivity contribution in [2.45, 2.75) is 94.4 Å². The third kappa shape index (κ3) is 7.35. The lowest BCUT2D eigenvalue weighted by Gasteiger charge is -2.39. The van der Waals surface area contributed by atoms with E-state index in [1.165, 1.54) is 5.56 Å². The van der Waals surface area contributed by atoms with Crippen molar-refractivity contribution in [2.24, 2.45) is 5.92 Å². The van der Waals surface area contributed by atoms with Gasteiger partial charge in [-0.2, -0.15) is 5.26 Å². The van der Waals surface area contributed by atoms with Gasteiger partial charge in [-0.3, -0.25) is 34.2 Å². The molecule has 58 heavy (non-hydrogen) atoms. The second-order valence-electron chi connectivity index (χ2n) is 16.9. The van der Waals surface area contributed by atoms with Gasteiger partial charge in [0.2, 0.25) is 11.8 Å². The zero-order valence-electron chi connectivity index (χ0n) is 32.4. The van der Waals surface area contributed by atoms with Crippen LogP contribution in [0.4, 0.5) is 5.69 Å². The molecule has 6 aliphatic heterocycles. The highest BCUT2D eigenvalue weighted by Crippen LogP contribution is 2.39. The van der Waals surface area contributed by atoms with Crippen molar-refractivity contribution in [3.05, 3.63) is 93.5 Å². The molecule has 0 saturated carbocycles. The van der Waals surface area contributed by atoms with Gasteiger partial charge in [0.15, 0.2) is 0 Å². The summed E-state index contributed by atoms with van der Waals surface area (Å²) in [7, 11) is 0. The standard InChI is InChI=1S/C45H47ClN6O6/c46-39-24-35(9-5-31(39)25-47)58-36-21-33-6-7-34(22-36)51(33)43(55)30-3-1-28(2-4-30)29-15-17-49(18-16-29)26-27-13-19-50(20-14-27)32-8-10-37-38(23-32)45(57)52(44(37)56)40-11-12-41(53)48-42(40)54/h1-5,8-10,23-24,27,29,33-34,36,40H,6-7,11-22,26H2,(H,48,53,54)/t33-,34+,36?,40?. The summed E-state index contributed by atoms with van der Waals surface area (Å²) in [6, 6.07) is 20.3. The van der Waals surface area contributed by atoms with Crippen molar-refractivity contribution in [3.63, 3.8) is 0 Å². The number of rotatable bonds is 8. The summed E-state index contributed by atoms with van der Waals surface area (Å²) in [5.74, 6) is -0.118. The lowest BCUT2D eigenvalue weighted by atomic mass is 9.87. The number of likely N-dealkylation sites (tertiary alicyclic amines) is 1. The predicted octanol–water partition coefficient (Wildman–Crippen LogP) is 5.92. The minimum atomic E-state index is -0.966. The molecule has 5 fully saturated rings. The van der Waals surface area contributed by atoms with Gasteiger partial charge in [-0.25, -0.2) is 0 Å². The Labute approximate surface area is 343 Å². The van der Waals surface area contributed by atoms with Crippen LogP contribution in [0, 0.1) is 17.2 Å². The number of fused-ring (bicyclic) bond motifs is 3. The number of nitrogens with zero attached hydrogens (tertiary/aromatic N) is 5.